The zero-order valence-electron chi connectivity index (χ0n) is 11.5. The molecule has 22 heavy (non-hydrogen) atoms. The van der Waals surface area contributed by atoms with Gasteiger partial charge in [-0.1, -0.05) is 0 Å². The van der Waals surface area contributed by atoms with Crippen LogP contribution >= 0.6 is 0 Å². The number of carbonyl (C=O) groups excluding carboxylic acids is 1. The lowest BCUT2D eigenvalue weighted by Crippen LogP contribution is -2.17. The third-order valence-electron chi connectivity index (χ3n) is 3.21. The van der Waals surface area contributed by atoms with E-state index in [9.17, 15) is 19.5 Å². The third-order valence-corrected chi connectivity index (χ3v) is 3.21. The number of aromatic nitrogens is 1. The van der Waals surface area contributed by atoms with Crippen LogP contribution in [0.2, 0.25) is 0 Å². The Morgan fingerprint density at radius 2 is 2.09 bits per heavy atom. The number of hydrogen-bond acceptors (Lipinski definition) is 6. The van der Waals surface area contributed by atoms with Crippen LogP contribution in [-0.2, 0) is 4.74 Å². The van der Waals surface area contributed by atoms with Crippen LogP contribution in [0.4, 0.5) is 0 Å². The zero-order chi connectivity index (χ0) is 15.9. The maximum Gasteiger partial charge on any atom is 0.345 e. The van der Waals surface area contributed by atoms with Crippen molar-refractivity contribution in [2.45, 2.75) is 6.92 Å². The summed E-state index contributed by atoms with van der Waals surface area (Å²) in [5, 5.41) is 10.1. The van der Waals surface area contributed by atoms with Crippen LogP contribution in [0.15, 0.2) is 38.5 Å². The Balaban J connectivity index is 2.32. The summed E-state index contributed by atoms with van der Waals surface area (Å²) in [5.74, 6) is -1.20. The zero-order valence-corrected chi connectivity index (χ0v) is 11.5. The van der Waals surface area contributed by atoms with Gasteiger partial charge in [-0.2, -0.15) is 0 Å². The molecule has 3 rings (SSSR count). The molecule has 0 unspecified atom stereocenters. The van der Waals surface area contributed by atoms with Gasteiger partial charge in [0, 0.05) is 10.9 Å². The number of rotatable bonds is 2. The molecule has 0 radical (unpaired) electrons. The van der Waals surface area contributed by atoms with Gasteiger partial charge in [0.15, 0.2) is 5.75 Å². The van der Waals surface area contributed by atoms with E-state index in [1.54, 1.807) is 6.92 Å². The van der Waals surface area contributed by atoms with E-state index in [-0.39, 0.29) is 23.1 Å². The van der Waals surface area contributed by atoms with Crippen molar-refractivity contribution in [3.63, 3.8) is 0 Å². The number of nitrogens with one attached hydrogen (secondary N) is 1. The summed E-state index contributed by atoms with van der Waals surface area (Å²) >= 11 is 0. The van der Waals surface area contributed by atoms with Crippen LogP contribution in [0.3, 0.4) is 0 Å². The second kappa shape index (κ2) is 5.03. The SMILES string of the molecule is CCOC(=O)c1coc2cc3cc(O)c(=O)[nH]c3cc2c1=O. The number of aromatic amines is 1. The van der Waals surface area contributed by atoms with Crippen molar-refractivity contribution >= 4 is 27.8 Å². The number of pyridine rings is 1. The van der Waals surface area contributed by atoms with Gasteiger partial charge in [-0.3, -0.25) is 9.59 Å². The van der Waals surface area contributed by atoms with Crippen LogP contribution < -0.4 is 11.0 Å². The Hall–Kier alpha value is -3.09. The van der Waals surface area contributed by atoms with Gasteiger partial charge in [0.05, 0.1) is 12.0 Å². The van der Waals surface area contributed by atoms with E-state index in [0.29, 0.717) is 10.9 Å². The first-order chi connectivity index (χ1) is 10.5. The fourth-order valence-electron chi connectivity index (χ4n) is 2.17. The topological polar surface area (TPSA) is 110 Å². The van der Waals surface area contributed by atoms with Crippen molar-refractivity contribution in [2.75, 3.05) is 6.61 Å². The van der Waals surface area contributed by atoms with E-state index in [1.807, 2.05) is 0 Å². The Kier molecular flexibility index (Phi) is 3.17. The summed E-state index contributed by atoms with van der Waals surface area (Å²) in [6, 6.07) is 4.17. The molecule has 112 valence electrons. The number of aromatic hydroxyl groups is 1. The Morgan fingerprint density at radius 1 is 1.32 bits per heavy atom. The van der Waals surface area contributed by atoms with E-state index in [0.717, 1.165) is 6.26 Å². The van der Waals surface area contributed by atoms with Gasteiger partial charge in [-0.25, -0.2) is 4.79 Å². The summed E-state index contributed by atoms with van der Waals surface area (Å²) in [6.45, 7) is 1.77. The molecule has 0 aliphatic heterocycles. The smallest absolute Gasteiger partial charge is 0.345 e. The van der Waals surface area contributed by atoms with Crippen LogP contribution in [0, 0.1) is 0 Å². The van der Waals surface area contributed by atoms with Crippen molar-refractivity contribution in [3.8, 4) is 5.75 Å². The van der Waals surface area contributed by atoms with E-state index >= 15 is 0 Å². The lowest BCUT2D eigenvalue weighted by molar-refractivity contribution is 0.0522. The van der Waals surface area contributed by atoms with Crippen molar-refractivity contribution in [3.05, 3.63) is 50.6 Å². The van der Waals surface area contributed by atoms with Crippen LogP contribution in [-0.4, -0.2) is 22.7 Å². The highest BCUT2D eigenvalue weighted by Gasteiger charge is 2.16. The molecule has 0 saturated heterocycles. The van der Waals surface area contributed by atoms with Crippen LogP contribution in [0.5, 0.6) is 5.75 Å². The highest BCUT2D eigenvalue weighted by atomic mass is 16.5. The number of fused-ring (bicyclic) bond motifs is 2. The molecular formula is C15H11NO6. The molecule has 1 aromatic carbocycles. The molecule has 2 heterocycles. The van der Waals surface area contributed by atoms with Gasteiger partial charge < -0.3 is 19.2 Å². The number of benzene rings is 1. The molecule has 0 spiro atoms. The number of ether oxygens (including phenoxy) is 1. The quantitative estimate of drug-likeness (QED) is 0.548. The summed E-state index contributed by atoms with van der Waals surface area (Å²) in [4.78, 5) is 37.9. The van der Waals surface area contributed by atoms with Gasteiger partial charge in [0.2, 0.25) is 5.43 Å². The summed E-state index contributed by atoms with van der Waals surface area (Å²) in [5.41, 5.74) is -0.844. The van der Waals surface area contributed by atoms with Gasteiger partial charge >= 0.3 is 5.97 Å². The molecule has 0 fully saturated rings. The maximum atomic E-state index is 12.3. The largest absolute Gasteiger partial charge is 0.503 e. The number of esters is 1. The molecule has 7 nitrogen and oxygen atoms in total. The third kappa shape index (κ3) is 2.12. The monoisotopic (exact) mass is 301 g/mol. The molecule has 0 aliphatic rings. The van der Waals surface area contributed by atoms with Crippen LogP contribution in [0.25, 0.3) is 21.9 Å². The van der Waals surface area contributed by atoms with Gasteiger partial charge in [-0.15, -0.1) is 0 Å². The first kappa shape index (κ1) is 13.9. The van der Waals surface area contributed by atoms with Gasteiger partial charge in [0.1, 0.15) is 17.4 Å². The maximum absolute atomic E-state index is 12.3. The predicted octanol–water partition coefficient (Wildman–Crippen LogP) is 1.52. The molecule has 7 heteroatoms. The van der Waals surface area contributed by atoms with E-state index < -0.39 is 22.7 Å². The Morgan fingerprint density at radius 3 is 2.82 bits per heavy atom. The first-order valence-electron chi connectivity index (χ1n) is 6.50. The standard InChI is InChI=1S/C15H11NO6/c1-2-21-15(20)9-6-22-12-4-7-3-11(17)14(19)16-10(7)5-8(12)13(9)18/h3-6,17H,2H2,1H3,(H,16,19). The highest BCUT2D eigenvalue weighted by Crippen LogP contribution is 2.21. The van der Waals surface area contributed by atoms with E-state index in [4.69, 9.17) is 9.15 Å². The van der Waals surface area contributed by atoms with Crippen molar-refractivity contribution in [1.82, 2.24) is 4.98 Å². The number of carbonyl (C=O) groups is 1. The summed E-state index contributed by atoms with van der Waals surface area (Å²) in [7, 11) is 0. The molecule has 0 aliphatic carbocycles. The molecule has 0 amide bonds. The minimum atomic E-state index is -0.766. The minimum absolute atomic E-state index is 0.138. The van der Waals surface area contributed by atoms with Crippen molar-refractivity contribution < 1.29 is 19.1 Å². The molecule has 0 bridgehead atoms. The second-order valence-electron chi connectivity index (χ2n) is 4.62. The molecular weight excluding hydrogens is 290 g/mol. The Bertz CT molecular complexity index is 1010. The normalized spacial score (nSPS) is 11.0. The van der Waals surface area contributed by atoms with Crippen LogP contribution in [0.1, 0.15) is 17.3 Å². The van der Waals surface area contributed by atoms with E-state index in [2.05, 4.69) is 4.98 Å². The number of hydrogen-bond donors (Lipinski definition) is 2. The fraction of sp³-hybridized carbons (Fsp3) is 0.133. The van der Waals surface area contributed by atoms with Gasteiger partial charge in [0.25, 0.3) is 5.56 Å². The summed E-state index contributed by atoms with van der Waals surface area (Å²) < 4.78 is 10.1. The number of H-pyrrole nitrogens is 1. The molecule has 3 aromatic rings. The average molecular weight is 301 g/mol. The van der Waals surface area contributed by atoms with Gasteiger partial charge in [-0.05, 0) is 25.1 Å². The molecule has 0 atom stereocenters. The lowest BCUT2D eigenvalue weighted by atomic mass is 10.1. The Labute approximate surface area is 122 Å². The molecule has 0 saturated carbocycles. The molecule has 2 aromatic heterocycles. The lowest BCUT2D eigenvalue weighted by Gasteiger charge is -2.04. The van der Waals surface area contributed by atoms with Crippen molar-refractivity contribution in [2.24, 2.45) is 0 Å². The fourth-order valence-corrected chi connectivity index (χ4v) is 2.17. The molecule has 2 N–H and O–H groups in total. The summed E-state index contributed by atoms with van der Waals surface area (Å²) in [6.07, 6.45) is 1.04. The second-order valence-corrected chi connectivity index (χ2v) is 4.62. The average Bonchev–Trinajstić information content (AvgIpc) is 2.48. The first-order valence-corrected chi connectivity index (χ1v) is 6.50. The predicted molar refractivity (Wildman–Crippen MR) is 78.2 cm³/mol. The van der Waals surface area contributed by atoms with Crippen molar-refractivity contribution in [1.29, 1.82) is 0 Å². The highest BCUT2D eigenvalue weighted by molar-refractivity contribution is 5.97. The van der Waals surface area contributed by atoms with E-state index in [1.165, 1.54) is 18.2 Å². The minimum Gasteiger partial charge on any atom is -0.503 e.